The Morgan fingerprint density at radius 2 is 2.39 bits per heavy atom. The molecule has 18 heavy (non-hydrogen) atoms. The molecule has 1 atom stereocenters. The molecule has 0 radical (unpaired) electrons. The van der Waals surface area contributed by atoms with Gasteiger partial charge in [-0.2, -0.15) is 0 Å². The Labute approximate surface area is 115 Å². The van der Waals surface area contributed by atoms with Gasteiger partial charge in [0.1, 0.15) is 5.75 Å². The fourth-order valence-corrected chi connectivity index (χ4v) is 2.50. The summed E-state index contributed by atoms with van der Waals surface area (Å²) in [6.07, 6.45) is 3.33. The van der Waals surface area contributed by atoms with Crippen molar-refractivity contribution < 1.29 is 9.90 Å². The average Bonchev–Trinajstić information content (AvgIpc) is 2.81. The number of nitrogens with one attached hydrogen (secondary N) is 2. The van der Waals surface area contributed by atoms with Crippen molar-refractivity contribution in [2.45, 2.75) is 25.3 Å². The number of phenolic OH excluding ortho intramolecular Hbond substituents is 1. The first-order valence-corrected chi connectivity index (χ1v) is 6.96. The summed E-state index contributed by atoms with van der Waals surface area (Å²) >= 11 is 3.24. The van der Waals surface area contributed by atoms with E-state index in [4.69, 9.17) is 0 Å². The molecule has 0 aromatic heterocycles. The molecule has 1 saturated heterocycles. The van der Waals surface area contributed by atoms with Gasteiger partial charge in [-0.05, 0) is 44.0 Å². The maximum Gasteiger partial charge on any atom is 0.255 e. The molecule has 5 heteroatoms. The number of hydrogen-bond acceptors (Lipinski definition) is 3. The molecule has 3 N–H and O–H groups in total. The number of rotatable bonds is 4. The van der Waals surface area contributed by atoms with Gasteiger partial charge in [-0.3, -0.25) is 4.79 Å². The number of carbonyl (C=O) groups is 1. The second-order valence-corrected chi connectivity index (χ2v) is 5.41. The molecule has 0 unspecified atom stereocenters. The van der Waals surface area contributed by atoms with Gasteiger partial charge >= 0.3 is 0 Å². The van der Waals surface area contributed by atoms with Crippen molar-refractivity contribution in [2.24, 2.45) is 0 Å². The van der Waals surface area contributed by atoms with Crippen molar-refractivity contribution in [2.75, 3.05) is 13.1 Å². The summed E-state index contributed by atoms with van der Waals surface area (Å²) < 4.78 is 0.756. The lowest BCUT2D eigenvalue weighted by Gasteiger charge is -2.11. The lowest BCUT2D eigenvalue weighted by atomic mass is 10.1. The third-order valence-corrected chi connectivity index (χ3v) is 3.64. The Morgan fingerprint density at radius 1 is 1.56 bits per heavy atom. The highest BCUT2D eigenvalue weighted by atomic mass is 79.9. The van der Waals surface area contributed by atoms with E-state index >= 15 is 0 Å². The lowest BCUT2D eigenvalue weighted by molar-refractivity contribution is 0.0949. The highest BCUT2D eigenvalue weighted by Gasteiger charge is 2.15. The molecule has 2 rings (SSSR count). The molecule has 1 aliphatic heterocycles. The second kappa shape index (κ2) is 6.20. The summed E-state index contributed by atoms with van der Waals surface area (Å²) in [5, 5.41) is 15.9. The smallest absolute Gasteiger partial charge is 0.255 e. The van der Waals surface area contributed by atoms with Gasteiger partial charge in [0.15, 0.2) is 0 Å². The van der Waals surface area contributed by atoms with E-state index in [2.05, 4.69) is 26.6 Å². The van der Waals surface area contributed by atoms with Gasteiger partial charge in [0.2, 0.25) is 0 Å². The van der Waals surface area contributed by atoms with Crippen LogP contribution in [0.4, 0.5) is 0 Å². The zero-order valence-electron chi connectivity index (χ0n) is 10.1. The molecule has 0 spiro atoms. The zero-order valence-corrected chi connectivity index (χ0v) is 11.7. The maximum atomic E-state index is 11.8. The molecule has 98 valence electrons. The fourth-order valence-electron chi connectivity index (χ4n) is 2.16. The monoisotopic (exact) mass is 312 g/mol. The predicted molar refractivity (Wildman–Crippen MR) is 73.8 cm³/mol. The van der Waals surface area contributed by atoms with Crippen LogP contribution in [-0.2, 0) is 0 Å². The summed E-state index contributed by atoms with van der Waals surface area (Å²) in [6.45, 7) is 1.71. The summed E-state index contributed by atoms with van der Waals surface area (Å²) in [5.41, 5.74) is 0.317. The van der Waals surface area contributed by atoms with Gasteiger partial charge in [-0.15, -0.1) is 0 Å². The standard InChI is InChI=1S/C13H17BrN2O2/c14-9-3-4-11(12(17)8-9)13(18)16-7-5-10-2-1-6-15-10/h3-4,8,10,15,17H,1-2,5-7H2,(H,16,18)/t10-/m0/s1. The molecule has 0 bridgehead atoms. The van der Waals surface area contributed by atoms with Crippen molar-refractivity contribution in [1.29, 1.82) is 0 Å². The first kappa shape index (κ1) is 13.4. The minimum Gasteiger partial charge on any atom is -0.507 e. The van der Waals surface area contributed by atoms with Crippen LogP contribution in [0.15, 0.2) is 22.7 Å². The molecular weight excluding hydrogens is 296 g/mol. The molecule has 0 saturated carbocycles. The van der Waals surface area contributed by atoms with Crippen LogP contribution in [0.2, 0.25) is 0 Å². The molecule has 4 nitrogen and oxygen atoms in total. The summed E-state index contributed by atoms with van der Waals surface area (Å²) in [7, 11) is 0. The number of phenols is 1. The highest BCUT2D eigenvalue weighted by molar-refractivity contribution is 9.10. The third-order valence-electron chi connectivity index (χ3n) is 3.15. The first-order valence-electron chi connectivity index (χ1n) is 6.17. The van der Waals surface area contributed by atoms with Gasteiger partial charge in [-0.1, -0.05) is 15.9 Å². The quantitative estimate of drug-likeness (QED) is 0.797. The minimum absolute atomic E-state index is 0.000802. The van der Waals surface area contributed by atoms with Crippen LogP contribution in [0.3, 0.4) is 0 Å². The number of halogens is 1. The zero-order chi connectivity index (χ0) is 13.0. The molecule has 0 aliphatic carbocycles. The largest absolute Gasteiger partial charge is 0.507 e. The minimum atomic E-state index is -0.224. The molecular formula is C13H17BrN2O2. The molecule has 1 aromatic carbocycles. The van der Waals surface area contributed by atoms with E-state index in [1.807, 2.05) is 0 Å². The van der Waals surface area contributed by atoms with Crippen LogP contribution < -0.4 is 10.6 Å². The van der Waals surface area contributed by atoms with E-state index in [0.29, 0.717) is 18.2 Å². The van der Waals surface area contributed by atoms with E-state index in [-0.39, 0.29) is 11.7 Å². The molecule has 1 aliphatic rings. The number of amides is 1. The fraction of sp³-hybridized carbons (Fsp3) is 0.462. The van der Waals surface area contributed by atoms with Gasteiger partial charge in [-0.25, -0.2) is 0 Å². The summed E-state index contributed by atoms with van der Waals surface area (Å²) in [4.78, 5) is 11.8. The van der Waals surface area contributed by atoms with Crippen molar-refractivity contribution in [1.82, 2.24) is 10.6 Å². The van der Waals surface area contributed by atoms with Gasteiger partial charge in [0, 0.05) is 17.1 Å². The summed E-state index contributed by atoms with van der Waals surface area (Å²) in [6, 6.07) is 5.40. The molecule has 1 aromatic rings. The number of carbonyl (C=O) groups excluding carboxylic acids is 1. The summed E-state index contributed by atoms with van der Waals surface area (Å²) in [5.74, 6) is -0.223. The Hall–Kier alpha value is -1.07. The number of benzene rings is 1. The van der Waals surface area contributed by atoms with Gasteiger partial charge < -0.3 is 15.7 Å². The SMILES string of the molecule is O=C(NCC[C@@H]1CCCN1)c1ccc(Br)cc1O. The Balaban J connectivity index is 1.83. The topological polar surface area (TPSA) is 61.4 Å². The Morgan fingerprint density at radius 3 is 3.06 bits per heavy atom. The van der Waals surface area contributed by atoms with E-state index in [0.717, 1.165) is 17.4 Å². The third kappa shape index (κ3) is 3.46. The van der Waals surface area contributed by atoms with Crippen molar-refractivity contribution in [3.05, 3.63) is 28.2 Å². The molecule has 1 heterocycles. The Kier molecular flexibility index (Phi) is 4.60. The van der Waals surface area contributed by atoms with Crippen LogP contribution in [0.5, 0.6) is 5.75 Å². The number of hydrogen-bond donors (Lipinski definition) is 3. The average molecular weight is 313 g/mol. The second-order valence-electron chi connectivity index (χ2n) is 4.50. The lowest BCUT2D eigenvalue weighted by Crippen LogP contribution is -2.30. The van der Waals surface area contributed by atoms with E-state index in [1.54, 1.807) is 12.1 Å². The van der Waals surface area contributed by atoms with Crippen LogP contribution in [0, 0.1) is 0 Å². The van der Waals surface area contributed by atoms with Gasteiger partial charge in [0.25, 0.3) is 5.91 Å². The molecule has 1 fully saturated rings. The maximum absolute atomic E-state index is 11.8. The van der Waals surface area contributed by atoms with Crippen molar-refractivity contribution in [3.63, 3.8) is 0 Å². The Bertz CT molecular complexity index is 431. The van der Waals surface area contributed by atoms with Crippen LogP contribution in [0.1, 0.15) is 29.6 Å². The van der Waals surface area contributed by atoms with Crippen molar-refractivity contribution in [3.8, 4) is 5.75 Å². The highest BCUT2D eigenvalue weighted by Crippen LogP contribution is 2.22. The van der Waals surface area contributed by atoms with Crippen LogP contribution in [-0.4, -0.2) is 30.1 Å². The van der Waals surface area contributed by atoms with Gasteiger partial charge in [0.05, 0.1) is 5.56 Å². The number of aromatic hydroxyl groups is 1. The predicted octanol–water partition coefficient (Wildman–Crippen LogP) is 2.03. The van der Waals surface area contributed by atoms with E-state index in [9.17, 15) is 9.90 Å². The first-order chi connectivity index (χ1) is 8.66. The van der Waals surface area contributed by atoms with Crippen LogP contribution >= 0.6 is 15.9 Å². The van der Waals surface area contributed by atoms with E-state index in [1.165, 1.54) is 18.9 Å². The van der Waals surface area contributed by atoms with Crippen LogP contribution in [0.25, 0.3) is 0 Å². The normalized spacial score (nSPS) is 18.8. The molecule has 1 amide bonds. The van der Waals surface area contributed by atoms with Crippen molar-refractivity contribution >= 4 is 21.8 Å². The van der Waals surface area contributed by atoms with E-state index < -0.39 is 0 Å².